The number of ether oxygens (including phenoxy) is 1. The lowest BCUT2D eigenvalue weighted by Crippen LogP contribution is -2.06. The first kappa shape index (κ1) is 14.8. The molecule has 0 saturated carbocycles. The maximum absolute atomic E-state index is 10.6. The van der Waals surface area contributed by atoms with Gasteiger partial charge in [0.2, 0.25) is 0 Å². The molecule has 2 aromatic rings. The predicted octanol–water partition coefficient (Wildman–Crippen LogP) is 2.96. The fourth-order valence-electron chi connectivity index (χ4n) is 1.97. The molecule has 2 rings (SSSR count). The van der Waals surface area contributed by atoms with E-state index in [0.717, 1.165) is 23.4 Å². The van der Waals surface area contributed by atoms with Gasteiger partial charge in [0.25, 0.3) is 5.69 Å². The Balaban J connectivity index is 1.95. The van der Waals surface area contributed by atoms with Gasteiger partial charge in [0.1, 0.15) is 0 Å². The number of aromatic nitrogens is 1. The van der Waals surface area contributed by atoms with Gasteiger partial charge in [-0.15, -0.1) is 0 Å². The zero-order valence-electron chi connectivity index (χ0n) is 12.0. The number of rotatable bonds is 6. The smallest absolute Gasteiger partial charge is 0.269 e. The van der Waals surface area contributed by atoms with Crippen molar-refractivity contribution in [3.05, 3.63) is 57.9 Å². The van der Waals surface area contributed by atoms with Crippen LogP contribution in [-0.4, -0.2) is 23.6 Å². The van der Waals surface area contributed by atoms with Crippen LogP contribution < -0.4 is 10.1 Å². The number of pyridine rings is 1. The first-order valence-electron chi connectivity index (χ1n) is 6.58. The maximum atomic E-state index is 10.6. The zero-order chi connectivity index (χ0) is 15.2. The number of methoxy groups -OCH3 is 1. The van der Waals surface area contributed by atoms with Crippen LogP contribution in [0.25, 0.3) is 0 Å². The van der Waals surface area contributed by atoms with Crippen molar-refractivity contribution in [1.82, 2.24) is 4.98 Å². The zero-order valence-corrected chi connectivity index (χ0v) is 12.0. The second kappa shape index (κ2) is 6.69. The predicted molar refractivity (Wildman–Crippen MR) is 80.8 cm³/mol. The van der Waals surface area contributed by atoms with Crippen molar-refractivity contribution in [1.29, 1.82) is 0 Å². The summed E-state index contributed by atoms with van der Waals surface area (Å²) in [7, 11) is 1.61. The van der Waals surface area contributed by atoms with E-state index in [1.165, 1.54) is 12.1 Å². The van der Waals surface area contributed by atoms with Gasteiger partial charge in [-0.2, -0.15) is 0 Å². The van der Waals surface area contributed by atoms with E-state index in [2.05, 4.69) is 10.3 Å². The topological polar surface area (TPSA) is 77.3 Å². The number of anilines is 1. The quantitative estimate of drug-likeness (QED) is 0.653. The van der Waals surface area contributed by atoms with E-state index in [0.29, 0.717) is 12.3 Å². The monoisotopic (exact) mass is 287 g/mol. The summed E-state index contributed by atoms with van der Waals surface area (Å²) in [6.45, 7) is 2.62. The summed E-state index contributed by atoms with van der Waals surface area (Å²) in [5, 5.41) is 13.9. The molecule has 0 radical (unpaired) electrons. The first-order chi connectivity index (χ1) is 10.1. The molecule has 0 amide bonds. The van der Waals surface area contributed by atoms with Gasteiger partial charge in [0.05, 0.1) is 23.9 Å². The van der Waals surface area contributed by atoms with Crippen LogP contribution in [0.2, 0.25) is 0 Å². The Hall–Kier alpha value is -2.63. The molecule has 6 nitrogen and oxygen atoms in total. The lowest BCUT2D eigenvalue weighted by molar-refractivity contribution is -0.384. The Morgan fingerprint density at radius 3 is 2.67 bits per heavy atom. The van der Waals surface area contributed by atoms with Crippen molar-refractivity contribution in [3.63, 3.8) is 0 Å². The van der Waals surface area contributed by atoms with Gasteiger partial charge < -0.3 is 10.1 Å². The molecule has 1 N–H and O–H groups in total. The van der Waals surface area contributed by atoms with Crippen LogP contribution in [0.15, 0.2) is 36.5 Å². The molecule has 0 unspecified atom stereocenters. The second-order valence-electron chi connectivity index (χ2n) is 4.63. The lowest BCUT2D eigenvalue weighted by atomic mass is 10.1. The molecule has 0 fully saturated rings. The van der Waals surface area contributed by atoms with E-state index in [1.54, 1.807) is 25.4 Å². The fourth-order valence-corrected chi connectivity index (χ4v) is 1.97. The minimum Gasteiger partial charge on any atom is -0.493 e. The van der Waals surface area contributed by atoms with Crippen LogP contribution in [-0.2, 0) is 6.42 Å². The molecule has 0 aliphatic heterocycles. The molecule has 1 heterocycles. The van der Waals surface area contributed by atoms with Crippen molar-refractivity contribution < 1.29 is 9.66 Å². The molecular weight excluding hydrogens is 270 g/mol. The van der Waals surface area contributed by atoms with Gasteiger partial charge in [-0.1, -0.05) is 12.1 Å². The van der Waals surface area contributed by atoms with E-state index in [-0.39, 0.29) is 5.69 Å². The van der Waals surface area contributed by atoms with Gasteiger partial charge in [-0.3, -0.25) is 15.1 Å². The van der Waals surface area contributed by atoms with Crippen molar-refractivity contribution in [2.75, 3.05) is 19.0 Å². The highest BCUT2D eigenvalue weighted by Gasteiger charge is 2.05. The molecule has 0 spiro atoms. The number of nitrogens with one attached hydrogen (secondary N) is 1. The Bertz CT molecular complexity index is 627. The van der Waals surface area contributed by atoms with Gasteiger partial charge in [0, 0.05) is 24.4 Å². The van der Waals surface area contributed by atoms with Crippen LogP contribution in [0.4, 0.5) is 11.4 Å². The molecule has 21 heavy (non-hydrogen) atoms. The number of nitro groups is 1. The molecule has 0 bridgehead atoms. The van der Waals surface area contributed by atoms with Gasteiger partial charge in [0.15, 0.2) is 5.75 Å². The summed E-state index contributed by atoms with van der Waals surface area (Å²) in [5.74, 6) is 0.698. The second-order valence-corrected chi connectivity index (χ2v) is 4.63. The average molecular weight is 287 g/mol. The minimum absolute atomic E-state index is 0.109. The molecule has 0 atom stereocenters. The van der Waals surface area contributed by atoms with Crippen LogP contribution in [0.5, 0.6) is 5.75 Å². The number of non-ortho nitro benzene ring substituents is 1. The van der Waals surface area contributed by atoms with Crippen LogP contribution >= 0.6 is 0 Å². The number of hydrogen-bond acceptors (Lipinski definition) is 5. The van der Waals surface area contributed by atoms with Crippen LogP contribution in [0.1, 0.15) is 11.3 Å². The molecule has 0 aliphatic carbocycles. The molecule has 0 aliphatic rings. The van der Waals surface area contributed by atoms with Crippen molar-refractivity contribution in [2.24, 2.45) is 0 Å². The molecule has 110 valence electrons. The summed E-state index contributed by atoms with van der Waals surface area (Å²) in [4.78, 5) is 14.4. The third-order valence-corrected chi connectivity index (χ3v) is 3.10. The highest BCUT2D eigenvalue weighted by Crippen LogP contribution is 2.23. The van der Waals surface area contributed by atoms with E-state index in [1.807, 2.05) is 13.0 Å². The SMILES string of the molecule is COc1cnc(C)cc1NCCc1ccc([N+](=O)[O-])cc1. The van der Waals surface area contributed by atoms with Gasteiger partial charge in [-0.05, 0) is 25.0 Å². The molecule has 0 saturated heterocycles. The summed E-state index contributed by atoms with van der Waals surface area (Å²) in [6.07, 6.45) is 2.45. The average Bonchev–Trinajstić information content (AvgIpc) is 2.48. The van der Waals surface area contributed by atoms with E-state index < -0.39 is 4.92 Å². The third kappa shape index (κ3) is 3.92. The van der Waals surface area contributed by atoms with Crippen LogP contribution in [0.3, 0.4) is 0 Å². The number of hydrogen-bond donors (Lipinski definition) is 1. The third-order valence-electron chi connectivity index (χ3n) is 3.10. The highest BCUT2D eigenvalue weighted by molar-refractivity contribution is 5.56. The Kier molecular flexibility index (Phi) is 4.71. The van der Waals surface area contributed by atoms with E-state index >= 15 is 0 Å². The standard InChI is InChI=1S/C15H17N3O3/c1-11-9-14(15(21-2)10-17-11)16-8-7-12-3-5-13(6-4-12)18(19)20/h3-6,9-10H,7-8H2,1-2H3,(H,16,17). The molecule has 6 heteroatoms. The van der Waals surface area contributed by atoms with E-state index in [9.17, 15) is 10.1 Å². The van der Waals surface area contributed by atoms with Crippen LogP contribution in [0, 0.1) is 17.0 Å². The molecule has 1 aromatic carbocycles. The number of benzene rings is 1. The largest absolute Gasteiger partial charge is 0.493 e. The van der Waals surface area contributed by atoms with Crippen molar-refractivity contribution in [3.8, 4) is 5.75 Å². The summed E-state index contributed by atoms with van der Waals surface area (Å²) in [5.41, 5.74) is 2.96. The highest BCUT2D eigenvalue weighted by atomic mass is 16.6. The normalized spacial score (nSPS) is 10.2. The maximum Gasteiger partial charge on any atom is 0.269 e. The fraction of sp³-hybridized carbons (Fsp3) is 0.267. The summed E-state index contributed by atoms with van der Waals surface area (Å²) < 4.78 is 5.25. The van der Waals surface area contributed by atoms with Crippen molar-refractivity contribution >= 4 is 11.4 Å². The lowest BCUT2D eigenvalue weighted by Gasteiger charge is -2.11. The Morgan fingerprint density at radius 2 is 2.05 bits per heavy atom. The minimum atomic E-state index is -0.396. The number of nitro benzene ring substituents is 1. The molecular formula is C15H17N3O3. The summed E-state index contributed by atoms with van der Waals surface area (Å²) >= 11 is 0. The number of aryl methyl sites for hydroxylation is 1. The Morgan fingerprint density at radius 1 is 1.33 bits per heavy atom. The van der Waals surface area contributed by atoms with Gasteiger partial charge >= 0.3 is 0 Å². The molecule has 1 aromatic heterocycles. The van der Waals surface area contributed by atoms with Gasteiger partial charge in [-0.25, -0.2) is 0 Å². The number of nitrogens with zero attached hydrogens (tertiary/aromatic N) is 2. The Labute approximate surface area is 122 Å². The van der Waals surface area contributed by atoms with E-state index in [4.69, 9.17) is 4.74 Å². The summed E-state index contributed by atoms with van der Waals surface area (Å²) in [6, 6.07) is 8.51. The van der Waals surface area contributed by atoms with Crippen molar-refractivity contribution in [2.45, 2.75) is 13.3 Å². The first-order valence-corrected chi connectivity index (χ1v) is 6.58.